The van der Waals surface area contributed by atoms with Crippen LogP contribution < -0.4 is 10.1 Å². The molecule has 2 rings (SSSR count). The van der Waals surface area contributed by atoms with Crippen LogP contribution in [0, 0.1) is 0 Å². The zero-order chi connectivity index (χ0) is 17.6. The van der Waals surface area contributed by atoms with Crippen LogP contribution in [0.2, 0.25) is 0 Å². The minimum absolute atomic E-state index is 0.0365. The lowest BCUT2D eigenvalue weighted by molar-refractivity contribution is 0.0886. The Balaban J connectivity index is 2.21. The molecule has 2 aromatic rings. The second kappa shape index (κ2) is 7.93. The van der Waals surface area contributed by atoms with E-state index in [9.17, 15) is 9.90 Å². The summed E-state index contributed by atoms with van der Waals surface area (Å²) in [7, 11) is 1.62. The third-order valence-electron chi connectivity index (χ3n) is 4.28. The number of benzene rings is 1. The van der Waals surface area contributed by atoms with Gasteiger partial charge in [0.1, 0.15) is 5.75 Å². The van der Waals surface area contributed by atoms with Gasteiger partial charge >= 0.3 is 0 Å². The van der Waals surface area contributed by atoms with E-state index in [1.165, 1.54) is 0 Å². The standard InChI is InChI=1S/C19H24N2O3/c1-4-19(2,9-10-22)21-18(23)16-11-15(12-20-13-16)14-5-7-17(24-3)8-6-14/h5-8,11-13,22H,4,9-10H2,1-3H3,(H,21,23). The summed E-state index contributed by atoms with van der Waals surface area (Å²) in [5.74, 6) is 0.596. The molecule has 128 valence electrons. The van der Waals surface area contributed by atoms with E-state index in [4.69, 9.17) is 4.74 Å². The second-order valence-electron chi connectivity index (χ2n) is 6.03. The van der Waals surface area contributed by atoms with Crippen molar-refractivity contribution >= 4 is 5.91 Å². The van der Waals surface area contributed by atoms with Crippen LogP contribution in [0.5, 0.6) is 5.75 Å². The van der Waals surface area contributed by atoms with Crippen molar-refractivity contribution in [1.82, 2.24) is 10.3 Å². The third-order valence-corrected chi connectivity index (χ3v) is 4.28. The molecular formula is C19H24N2O3. The van der Waals surface area contributed by atoms with Gasteiger partial charge in [0.2, 0.25) is 0 Å². The van der Waals surface area contributed by atoms with Crippen molar-refractivity contribution in [1.29, 1.82) is 0 Å². The Morgan fingerprint density at radius 3 is 2.54 bits per heavy atom. The largest absolute Gasteiger partial charge is 0.497 e. The Labute approximate surface area is 142 Å². The molecule has 0 fully saturated rings. The van der Waals surface area contributed by atoms with Gasteiger partial charge in [0.05, 0.1) is 12.7 Å². The minimum atomic E-state index is -0.429. The number of rotatable bonds is 7. The number of nitrogens with zero attached hydrogens (tertiary/aromatic N) is 1. The number of carbonyl (C=O) groups excluding carboxylic acids is 1. The van der Waals surface area contributed by atoms with Crippen molar-refractivity contribution in [3.8, 4) is 16.9 Å². The molecule has 0 bridgehead atoms. The highest BCUT2D eigenvalue weighted by molar-refractivity contribution is 5.95. The number of hydrogen-bond acceptors (Lipinski definition) is 4. The van der Waals surface area contributed by atoms with Crippen molar-refractivity contribution in [2.45, 2.75) is 32.2 Å². The van der Waals surface area contributed by atoms with Gasteiger partial charge in [0.15, 0.2) is 0 Å². The lowest BCUT2D eigenvalue weighted by atomic mass is 9.94. The summed E-state index contributed by atoms with van der Waals surface area (Å²) in [6.45, 7) is 3.96. The molecule has 1 aromatic carbocycles. The summed E-state index contributed by atoms with van der Waals surface area (Å²) >= 11 is 0. The van der Waals surface area contributed by atoms with E-state index in [0.717, 1.165) is 23.3 Å². The average Bonchev–Trinajstić information content (AvgIpc) is 2.62. The van der Waals surface area contributed by atoms with E-state index in [-0.39, 0.29) is 12.5 Å². The second-order valence-corrected chi connectivity index (χ2v) is 6.03. The van der Waals surface area contributed by atoms with Gasteiger partial charge < -0.3 is 15.2 Å². The first-order valence-corrected chi connectivity index (χ1v) is 8.04. The Bertz CT molecular complexity index is 685. The molecule has 0 saturated carbocycles. The molecule has 1 unspecified atom stereocenters. The molecule has 1 heterocycles. The maximum atomic E-state index is 12.5. The fourth-order valence-electron chi connectivity index (χ4n) is 2.43. The van der Waals surface area contributed by atoms with Gasteiger partial charge in [0.25, 0.3) is 5.91 Å². The average molecular weight is 328 g/mol. The highest BCUT2D eigenvalue weighted by Gasteiger charge is 2.24. The van der Waals surface area contributed by atoms with Crippen LogP contribution in [0.1, 0.15) is 37.0 Å². The summed E-state index contributed by atoms with van der Waals surface area (Å²) in [5, 5.41) is 12.2. The topological polar surface area (TPSA) is 71.5 Å². The van der Waals surface area contributed by atoms with Crippen molar-refractivity contribution in [3.05, 3.63) is 48.3 Å². The molecular weight excluding hydrogens is 304 g/mol. The molecule has 1 amide bonds. The molecule has 0 aliphatic rings. The highest BCUT2D eigenvalue weighted by atomic mass is 16.5. The number of aliphatic hydroxyl groups is 1. The zero-order valence-electron chi connectivity index (χ0n) is 14.4. The van der Waals surface area contributed by atoms with Crippen molar-refractivity contribution in [2.24, 2.45) is 0 Å². The molecule has 0 aliphatic heterocycles. The van der Waals surface area contributed by atoms with Crippen molar-refractivity contribution < 1.29 is 14.6 Å². The number of nitrogens with one attached hydrogen (secondary N) is 1. The number of ether oxygens (including phenoxy) is 1. The lowest BCUT2D eigenvalue weighted by Crippen LogP contribution is -2.46. The molecule has 5 nitrogen and oxygen atoms in total. The summed E-state index contributed by atoms with van der Waals surface area (Å²) in [6.07, 6.45) is 4.54. The number of hydrogen-bond donors (Lipinski definition) is 2. The fraction of sp³-hybridized carbons (Fsp3) is 0.368. The molecule has 1 aromatic heterocycles. The smallest absolute Gasteiger partial charge is 0.253 e. The Morgan fingerprint density at radius 2 is 1.96 bits per heavy atom. The first kappa shape index (κ1) is 17.9. The summed E-state index contributed by atoms with van der Waals surface area (Å²) in [4.78, 5) is 16.7. The van der Waals surface area contributed by atoms with Crippen LogP contribution in [0.3, 0.4) is 0 Å². The van der Waals surface area contributed by atoms with E-state index in [2.05, 4.69) is 10.3 Å². The van der Waals surface area contributed by atoms with E-state index in [0.29, 0.717) is 12.0 Å². The predicted octanol–water partition coefficient (Wildman–Crippen LogP) is 3.04. The molecule has 0 radical (unpaired) electrons. The molecule has 5 heteroatoms. The van der Waals surface area contributed by atoms with Crippen LogP contribution in [-0.4, -0.2) is 35.3 Å². The number of aromatic nitrogens is 1. The molecule has 24 heavy (non-hydrogen) atoms. The van der Waals surface area contributed by atoms with Crippen molar-refractivity contribution in [3.63, 3.8) is 0 Å². The first-order valence-electron chi connectivity index (χ1n) is 8.04. The number of amides is 1. The van der Waals surface area contributed by atoms with E-state index in [1.807, 2.05) is 44.2 Å². The molecule has 0 aliphatic carbocycles. The Kier molecular flexibility index (Phi) is 5.93. The van der Waals surface area contributed by atoms with Gasteiger partial charge in [-0.2, -0.15) is 0 Å². The summed E-state index contributed by atoms with van der Waals surface area (Å²) in [5.41, 5.74) is 1.90. The number of aliphatic hydroxyl groups excluding tert-OH is 1. The quantitative estimate of drug-likeness (QED) is 0.819. The third kappa shape index (κ3) is 4.32. The number of methoxy groups -OCH3 is 1. The fourth-order valence-corrected chi connectivity index (χ4v) is 2.43. The van der Waals surface area contributed by atoms with Crippen LogP contribution in [0.25, 0.3) is 11.1 Å². The van der Waals surface area contributed by atoms with Gasteiger partial charge in [-0.15, -0.1) is 0 Å². The lowest BCUT2D eigenvalue weighted by Gasteiger charge is -2.29. The number of pyridine rings is 1. The van der Waals surface area contributed by atoms with Gasteiger partial charge in [-0.05, 0) is 43.5 Å². The SMILES string of the molecule is CCC(C)(CCO)NC(=O)c1cncc(-c2ccc(OC)cc2)c1. The van der Waals surface area contributed by atoms with E-state index < -0.39 is 5.54 Å². The van der Waals surface area contributed by atoms with Gasteiger partial charge in [-0.1, -0.05) is 19.1 Å². The van der Waals surface area contributed by atoms with Gasteiger partial charge in [0, 0.05) is 30.1 Å². The van der Waals surface area contributed by atoms with Crippen molar-refractivity contribution in [2.75, 3.05) is 13.7 Å². The van der Waals surface area contributed by atoms with Gasteiger partial charge in [-0.3, -0.25) is 9.78 Å². The molecule has 0 saturated heterocycles. The van der Waals surface area contributed by atoms with Crippen LogP contribution in [0.4, 0.5) is 0 Å². The maximum absolute atomic E-state index is 12.5. The molecule has 0 spiro atoms. The maximum Gasteiger partial charge on any atom is 0.253 e. The summed E-state index contributed by atoms with van der Waals surface area (Å²) in [6, 6.07) is 9.42. The Hall–Kier alpha value is -2.40. The normalized spacial score (nSPS) is 13.2. The molecule has 1 atom stereocenters. The van der Waals surface area contributed by atoms with Crippen LogP contribution in [-0.2, 0) is 0 Å². The predicted molar refractivity (Wildman–Crippen MR) is 94.1 cm³/mol. The summed E-state index contributed by atoms with van der Waals surface area (Å²) < 4.78 is 5.16. The first-order chi connectivity index (χ1) is 11.5. The number of carbonyl (C=O) groups is 1. The molecule has 2 N–H and O–H groups in total. The van der Waals surface area contributed by atoms with E-state index in [1.54, 1.807) is 19.5 Å². The van der Waals surface area contributed by atoms with Crippen LogP contribution >= 0.6 is 0 Å². The van der Waals surface area contributed by atoms with E-state index >= 15 is 0 Å². The minimum Gasteiger partial charge on any atom is -0.497 e. The Morgan fingerprint density at radius 1 is 1.25 bits per heavy atom. The van der Waals surface area contributed by atoms with Crippen LogP contribution in [0.15, 0.2) is 42.7 Å². The van der Waals surface area contributed by atoms with Gasteiger partial charge in [-0.25, -0.2) is 0 Å². The monoisotopic (exact) mass is 328 g/mol. The highest BCUT2D eigenvalue weighted by Crippen LogP contribution is 2.23. The zero-order valence-corrected chi connectivity index (χ0v) is 14.4.